The Morgan fingerprint density at radius 3 is 2.26 bits per heavy atom. The van der Waals surface area contributed by atoms with Crippen molar-refractivity contribution in [2.24, 2.45) is 0 Å². The van der Waals surface area contributed by atoms with E-state index in [9.17, 15) is 4.79 Å². The van der Waals surface area contributed by atoms with Gasteiger partial charge >= 0.3 is 6.09 Å². The first kappa shape index (κ1) is 19.5. The normalized spacial score (nSPS) is 15.0. The van der Waals surface area contributed by atoms with Crippen LogP contribution < -0.4 is 4.90 Å². The van der Waals surface area contributed by atoms with Gasteiger partial charge in [0, 0.05) is 26.2 Å². The number of hydrogen-bond donors (Lipinski definition) is 0. The number of benzene rings is 1. The van der Waals surface area contributed by atoms with Gasteiger partial charge in [-0.05, 0) is 51.0 Å². The topological polar surface area (TPSA) is 45.7 Å². The number of pyridine rings is 1. The van der Waals surface area contributed by atoms with Crippen molar-refractivity contribution in [2.45, 2.75) is 33.3 Å². The summed E-state index contributed by atoms with van der Waals surface area (Å²) in [6.45, 7) is 10.3. The summed E-state index contributed by atoms with van der Waals surface area (Å²) in [5.41, 5.74) is 2.89. The lowest BCUT2D eigenvalue weighted by molar-refractivity contribution is 0.0240. The Kier molecular flexibility index (Phi) is 5.61. The summed E-state index contributed by atoms with van der Waals surface area (Å²) in [5.74, 6) is 0.835. The van der Waals surface area contributed by atoms with Crippen LogP contribution in [0.1, 0.15) is 26.3 Å². The van der Waals surface area contributed by atoms with E-state index in [0.29, 0.717) is 31.3 Å². The number of amides is 1. The number of ether oxygens (including phenoxy) is 1. The third kappa shape index (κ3) is 5.13. The van der Waals surface area contributed by atoms with Crippen molar-refractivity contribution in [2.75, 3.05) is 31.1 Å². The number of aromatic nitrogens is 1. The molecule has 0 spiro atoms. The molecule has 144 valence electrons. The lowest BCUT2D eigenvalue weighted by atomic mass is 10.1. The van der Waals surface area contributed by atoms with E-state index in [1.165, 1.54) is 5.56 Å². The average Bonchev–Trinajstić information content (AvgIpc) is 2.60. The summed E-state index contributed by atoms with van der Waals surface area (Å²) >= 11 is 6.28. The van der Waals surface area contributed by atoms with Crippen LogP contribution in [0.3, 0.4) is 0 Å². The van der Waals surface area contributed by atoms with E-state index < -0.39 is 5.60 Å². The van der Waals surface area contributed by atoms with Crippen LogP contribution in [0.15, 0.2) is 36.4 Å². The summed E-state index contributed by atoms with van der Waals surface area (Å²) in [6, 6.07) is 12.3. The Morgan fingerprint density at radius 2 is 1.67 bits per heavy atom. The quantitative estimate of drug-likeness (QED) is 0.696. The van der Waals surface area contributed by atoms with Crippen LogP contribution in [0.5, 0.6) is 0 Å². The number of carbonyl (C=O) groups excluding carboxylic acids is 1. The Balaban J connectivity index is 1.71. The molecule has 0 saturated carbocycles. The summed E-state index contributed by atoms with van der Waals surface area (Å²) in [4.78, 5) is 20.6. The zero-order valence-corrected chi connectivity index (χ0v) is 17.1. The van der Waals surface area contributed by atoms with Gasteiger partial charge in [-0.15, -0.1) is 0 Å². The van der Waals surface area contributed by atoms with Crippen molar-refractivity contribution in [1.29, 1.82) is 0 Å². The van der Waals surface area contributed by atoms with Crippen LogP contribution in [0.25, 0.3) is 11.1 Å². The highest BCUT2D eigenvalue weighted by Crippen LogP contribution is 2.27. The highest BCUT2D eigenvalue weighted by Gasteiger charge is 2.26. The molecule has 0 unspecified atom stereocenters. The Morgan fingerprint density at radius 1 is 1.04 bits per heavy atom. The number of halogens is 1. The standard InChI is InChI=1S/C21H26ClN3O2/c1-15-5-7-16(8-6-15)17-13-18(22)23-19(14-17)24-9-11-25(12-10-24)20(26)27-21(2,3)4/h5-8,13-14H,9-12H2,1-4H3. The van der Waals surface area contributed by atoms with Crippen LogP contribution >= 0.6 is 11.6 Å². The molecular weight excluding hydrogens is 362 g/mol. The van der Waals surface area contributed by atoms with Crippen molar-refractivity contribution >= 4 is 23.5 Å². The minimum atomic E-state index is -0.480. The molecule has 3 rings (SSSR count). The fraction of sp³-hybridized carbons (Fsp3) is 0.429. The smallest absolute Gasteiger partial charge is 0.410 e. The number of piperazine rings is 1. The second-order valence-corrected chi connectivity index (χ2v) is 8.24. The van der Waals surface area contributed by atoms with Crippen LogP contribution in [0.2, 0.25) is 5.15 Å². The van der Waals surface area contributed by atoms with Crippen molar-refractivity contribution in [3.8, 4) is 11.1 Å². The zero-order valence-electron chi connectivity index (χ0n) is 16.3. The van der Waals surface area contributed by atoms with Crippen molar-refractivity contribution in [3.05, 3.63) is 47.1 Å². The van der Waals surface area contributed by atoms with E-state index in [1.807, 2.05) is 26.8 Å². The van der Waals surface area contributed by atoms with Gasteiger partial charge < -0.3 is 14.5 Å². The third-order valence-corrected chi connectivity index (χ3v) is 4.61. The molecule has 0 N–H and O–H groups in total. The van der Waals surface area contributed by atoms with E-state index in [4.69, 9.17) is 16.3 Å². The van der Waals surface area contributed by atoms with Crippen LogP contribution in [-0.2, 0) is 4.74 Å². The van der Waals surface area contributed by atoms with Gasteiger partial charge in [-0.1, -0.05) is 41.4 Å². The summed E-state index contributed by atoms with van der Waals surface area (Å²) in [5, 5.41) is 0.470. The predicted octanol–water partition coefficient (Wildman–Crippen LogP) is 4.77. The molecule has 2 aromatic rings. The van der Waals surface area contributed by atoms with Gasteiger partial charge in [0.25, 0.3) is 0 Å². The molecule has 1 aromatic heterocycles. The van der Waals surface area contributed by atoms with Gasteiger partial charge in [0.15, 0.2) is 0 Å². The van der Waals surface area contributed by atoms with Crippen LogP contribution in [0, 0.1) is 6.92 Å². The van der Waals surface area contributed by atoms with E-state index in [1.54, 1.807) is 4.90 Å². The molecule has 1 aromatic carbocycles. The Hall–Kier alpha value is -2.27. The lowest BCUT2D eigenvalue weighted by Gasteiger charge is -2.36. The van der Waals surface area contributed by atoms with E-state index in [2.05, 4.69) is 47.1 Å². The van der Waals surface area contributed by atoms with Gasteiger partial charge in [0.2, 0.25) is 0 Å². The molecule has 6 heteroatoms. The molecule has 27 heavy (non-hydrogen) atoms. The second kappa shape index (κ2) is 7.77. The first-order chi connectivity index (χ1) is 12.7. The maximum absolute atomic E-state index is 12.2. The Bertz CT molecular complexity index is 807. The van der Waals surface area contributed by atoms with Gasteiger partial charge in [-0.25, -0.2) is 9.78 Å². The van der Waals surface area contributed by atoms with E-state index in [-0.39, 0.29) is 6.09 Å². The number of anilines is 1. The molecule has 2 heterocycles. The number of hydrogen-bond acceptors (Lipinski definition) is 4. The molecule has 1 amide bonds. The number of aryl methyl sites for hydroxylation is 1. The fourth-order valence-corrected chi connectivity index (χ4v) is 3.21. The molecule has 0 atom stereocenters. The van der Waals surface area contributed by atoms with Crippen LogP contribution in [0.4, 0.5) is 10.6 Å². The molecule has 5 nitrogen and oxygen atoms in total. The number of rotatable bonds is 2. The largest absolute Gasteiger partial charge is 0.444 e. The predicted molar refractivity (Wildman–Crippen MR) is 109 cm³/mol. The highest BCUT2D eigenvalue weighted by atomic mass is 35.5. The first-order valence-electron chi connectivity index (χ1n) is 9.19. The van der Waals surface area contributed by atoms with Crippen molar-refractivity contribution in [3.63, 3.8) is 0 Å². The minimum Gasteiger partial charge on any atom is -0.444 e. The van der Waals surface area contributed by atoms with Crippen LogP contribution in [-0.4, -0.2) is 47.8 Å². The monoisotopic (exact) mass is 387 g/mol. The van der Waals surface area contributed by atoms with Crippen molar-refractivity contribution in [1.82, 2.24) is 9.88 Å². The zero-order chi connectivity index (χ0) is 19.6. The highest BCUT2D eigenvalue weighted by molar-refractivity contribution is 6.29. The summed E-state index contributed by atoms with van der Waals surface area (Å²) in [7, 11) is 0. The lowest BCUT2D eigenvalue weighted by Crippen LogP contribution is -2.50. The SMILES string of the molecule is Cc1ccc(-c2cc(Cl)nc(N3CCN(C(=O)OC(C)(C)C)CC3)c2)cc1. The molecule has 1 aliphatic rings. The maximum Gasteiger partial charge on any atom is 0.410 e. The molecule has 0 radical (unpaired) electrons. The maximum atomic E-state index is 12.2. The number of carbonyl (C=O) groups is 1. The Labute approximate surface area is 165 Å². The molecule has 1 saturated heterocycles. The summed E-state index contributed by atoms with van der Waals surface area (Å²) < 4.78 is 5.46. The fourth-order valence-electron chi connectivity index (χ4n) is 3.00. The van der Waals surface area contributed by atoms with E-state index >= 15 is 0 Å². The van der Waals surface area contributed by atoms with Gasteiger partial charge in [0.1, 0.15) is 16.6 Å². The second-order valence-electron chi connectivity index (χ2n) is 7.86. The molecule has 1 aliphatic heterocycles. The summed E-state index contributed by atoms with van der Waals surface area (Å²) in [6.07, 6.45) is -0.262. The minimum absolute atomic E-state index is 0.262. The van der Waals surface area contributed by atoms with Gasteiger partial charge in [-0.2, -0.15) is 0 Å². The average molecular weight is 388 g/mol. The molecule has 0 aliphatic carbocycles. The first-order valence-corrected chi connectivity index (χ1v) is 9.56. The van der Waals surface area contributed by atoms with Gasteiger partial charge in [0.05, 0.1) is 0 Å². The van der Waals surface area contributed by atoms with Gasteiger partial charge in [-0.3, -0.25) is 0 Å². The van der Waals surface area contributed by atoms with E-state index in [0.717, 1.165) is 16.9 Å². The van der Waals surface area contributed by atoms with Crippen molar-refractivity contribution < 1.29 is 9.53 Å². The number of nitrogens with zero attached hydrogens (tertiary/aromatic N) is 3. The molecular formula is C21H26ClN3O2. The molecule has 0 bridgehead atoms. The third-order valence-electron chi connectivity index (χ3n) is 4.42. The molecule has 1 fully saturated rings.